The molecule has 0 saturated carbocycles. The summed E-state index contributed by atoms with van der Waals surface area (Å²) in [5.74, 6) is -0.244. The summed E-state index contributed by atoms with van der Waals surface area (Å²) in [5, 5.41) is 6.48. The fraction of sp³-hybridized carbons (Fsp3) is 0.250. The Labute approximate surface area is 155 Å². The first-order valence-corrected chi connectivity index (χ1v) is 8.71. The van der Waals surface area contributed by atoms with Crippen LogP contribution in [0.1, 0.15) is 45.6 Å². The monoisotopic (exact) mass is 368 g/mol. The molecule has 1 saturated heterocycles. The van der Waals surface area contributed by atoms with Gasteiger partial charge in [-0.25, -0.2) is 8.78 Å². The Bertz CT molecular complexity index is 914. The number of rotatable bonds is 4. The molecule has 0 unspecified atom stereocenters. The first kappa shape index (κ1) is 17.3. The SMILES string of the molecule is O=C(c1cccnc1)N1C[C@@H](c2ccccc2)[C@H](c2cc(C(F)F)n[nH]2)C1. The number of benzene rings is 1. The summed E-state index contributed by atoms with van der Waals surface area (Å²) in [4.78, 5) is 18.6. The number of aromatic nitrogens is 3. The van der Waals surface area contributed by atoms with Crippen LogP contribution in [0.4, 0.5) is 8.78 Å². The quantitative estimate of drug-likeness (QED) is 0.763. The van der Waals surface area contributed by atoms with Crippen molar-refractivity contribution in [1.29, 1.82) is 0 Å². The zero-order valence-electron chi connectivity index (χ0n) is 14.4. The standard InChI is InChI=1S/C20H18F2N4O/c21-19(22)18-9-17(24-25-18)16-12-26(20(27)14-7-4-8-23-10-14)11-15(16)13-5-2-1-3-6-13/h1-10,15-16,19H,11-12H2,(H,24,25)/t15-,16+/m0/s1. The van der Waals surface area contributed by atoms with Crippen molar-refractivity contribution in [2.24, 2.45) is 0 Å². The molecule has 1 aliphatic rings. The number of carbonyl (C=O) groups excluding carboxylic acids is 1. The molecular formula is C20H18F2N4O. The zero-order chi connectivity index (χ0) is 18.8. The Balaban J connectivity index is 1.65. The van der Waals surface area contributed by atoms with E-state index in [0.29, 0.717) is 24.3 Å². The number of hydrogen-bond donors (Lipinski definition) is 1. The van der Waals surface area contributed by atoms with E-state index in [1.54, 1.807) is 23.2 Å². The van der Waals surface area contributed by atoms with E-state index in [2.05, 4.69) is 15.2 Å². The molecule has 1 amide bonds. The molecule has 1 fully saturated rings. The number of carbonyl (C=O) groups is 1. The van der Waals surface area contributed by atoms with Gasteiger partial charge in [0.1, 0.15) is 5.69 Å². The van der Waals surface area contributed by atoms with Gasteiger partial charge in [0, 0.05) is 43.0 Å². The van der Waals surface area contributed by atoms with Crippen LogP contribution < -0.4 is 0 Å². The van der Waals surface area contributed by atoms with Gasteiger partial charge in [-0.1, -0.05) is 30.3 Å². The van der Waals surface area contributed by atoms with Crippen LogP contribution in [0.25, 0.3) is 0 Å². The number of pyridine rings is 1. The Morgan fingerprint density at radius 1 is 1.11 bits per heavy atom. The molecule has 5 nitrogen and oxygen atoms in total. The summed E-state index contributed by atoms with van der Waals surface area (Å²) in [7, 11) is 0. The van der Waals surface area contributed by atoms with Crippen LogP contribution in [-0.2, 0) is 0 Å². The van der Waals surface area contributed by atoms with Gasteiger partial charge in [0.15, 0.2) is 0 Å². The van der Waals surface area contributed by atoms with Crippen LogP contribution >= 0.6 is 0 Å². The van der Waals surface area contributed by atoms with E-state index in [4.69, 9.17) is 0 Å². The second-order valence-electron chi connectivity index (χ2n) is 6.62. The lowest BCUT2D eigenvalue weighted by atomic mass is 9.87. The molecule has 2 atom stereocenters. The van der Waals surface area contributed by atoms with Gasteiger partial charge in [-0.3, -0.25) is 14.9 Å². The van der Waals surface area contributed by atoms with Crippen molar-refractivity contribution >= 4 is 5.91 Å². The number of nitrogens with zero attached hydrogens (tertiary/aromatic N) is 3. The van der Waals surface area contributed by atoms with E-state index in [-0.39, 0.29) is 23.4 Å². The third-order valence-corrected chi connectivity index (χ3v) is 4.98. The summed E-state index contributed by atoms with van der Waals surface area (Å²) in [6.45, 7) is 0.934. The average molecular weight is 368 g/mol. The Morgan fingerprint density at radius 3 is 2.56 bits per heavy atom. The summed E-state index contributed by atoms with van der Waals surface area (Å²) in [6.07, 6.45) is 0.533. The average Bonchev–Trinajstić information content (AvgIpc) is 3.36. The van der Waals surface area contributed by atoms with E-state index < -0.39 is 6.43 Å². The summed E-state index contributed by atoms with van der Waals surface area (Å²) >= 11 is 0. The number of H-pyrrole nitrogens is 1. The zero-order valence-corrected chi connectivity index (χ0v) is 14.4. The Morgan fingerprint density at radius 2 is 1.89 bits per heavy atom. The van der Waals surface area contributed by atoms with Crippen LogP contribution in [0.5, 0.6) is 0 Å². The fourth-order valence-corrected chi connectivity index (χ4v) is 3.65. The van der Waals surface area contributed by atoms with E-state index in [1.165, 1.54) is 12.3 Å². The smallest absolute Gasteiger partial charge is 0.282 e. The third kappa shape index (κ3) is 3.45. The molecule has 1 aromatic carbocycles. The Kier molecular flexibility index (Phi) is 4.66. The first-order valence-electron chi connectivity index (χ1n) is 8.71. The van der Waals surface area contributed by atoms with Crippen molar-refractivity contribution in [2.45, 2.75) is 18.3 Å². The highest BCUT2D eigenvalue weighted by Crippen LogP contribution is 2.40. The van der Waals surface area contributed by atoms with Crippen molar-refractivity contribution in [3.8, 4) is 0 Å². The maximum Gasteiger partial charge on any atom is 0.282 e. The number of hydrogen-bond acceptors (Lipinski definition) is 3. The van der Waals surface area contributed by atoms with E-state index >= 15 is 0 Å². The highest BCUT2D eigenvalue weighted by Gasteiger charge is 2.38. The van der Waals surface area contributed by atoms with Gasteiger partial charge in [0.05, 0.1) is 5.56 Å². The Hall–Kier alpha value is -3.09. The summed E-state index contributed by atoms with van der Waals surface area (Å²) < 4.78 is 25.9. The van der Waals surface area contributed by atoms with Crippen LogP contribution in [0.2, 0.25) is 0 Å². The highest BCUT2D eigenvalue weighted by molar-refractivity contribution is 5.94. The number of nitrogens with one attached hydrogen (secondary N) is 1. The second kappa shape index (κ2) is 7.26. The molecule has 0 spiro atoms. The third-order valence-electron chi connectivity index (χ3n) is 4.98. The molecule has 1 N–H and O–H groups in total. The molecule has 0 radical (unpaired) electrons. The van der Waals surface area contributed by atoms with Crippen molar-refractivity contribution in [2.75, 3.05) is 13.1 Å². The molecule has 0 aliphatic carbocycles. The van der Waals surface area contributed by atoms with E-state index in [9.17, 15) is 13.6 Å². The van der Waals surface area contributed by atoms with Crippen molar-refractivity contribution in [1.82, 2.24) is 20.1 Å². The molecule has 0 bridgehead atoms. The minimum absolute atomic E-state index is 0.00204. The van der Waals surface area contributed by atoms with Crippen molar-refractivity contribution in [3.63, 3.8) is 0 Å². The predicted molar refractivity (Wildman–Crippen MR) is 95.6 cm³/mol. The van der Waals surface area contributed by atoms with E-state index in [1.807, 2.05) is 30.3 Å². The minimum atomic E-state index is -2.63. The fourth-order valence-electron chi connectivity index (χ4n) is 3.65. The summed E-state index contributed by atoms with van der Waals surface area (Å²) in [5.41, 5.74) is 1.94. The van der Waals surface area contributed by atoms with Crippen molar-refractivity contribution < 1.29 is 13.6 Å². The van der Waals surface area contributed by atoms with Gasteiger partial charge in [-0.05, 0) is 23.8 Å². The van der Waals surface area contributed by atoms with E-state index in [0.717, 1.165) is 5.56 Å². The van der Waals surface area contributed by atoms with Crippen LogP contribution in [0.3, 0.4) is 0 Å². The lowest BCUT2D eigenvalue weighted by molar-refractivity contribution is 0.0788. The lowest BCUT2D eigenvalue weighted by Gasteiger charge is -2.17. The molecular weight excluding hydrogens is 350 g/mol. The minimum Gasteiger partial charge on any atom is -0.337 e. The number of likely N-dealkylation sites (tertiary alicyclic amines) is 1. The maximum absolute atomic E-state index is 13.0. The van der Waals surface area contributed by atoms with Gasteiger partial charge < -0.3 is 4.90 Å². The van der Waals surface area contributed by atoms with Gasteiger partial charge in [0.2, 0.25) is 0 Å². The van der Waals surface area contributed by atoms with Crippen molar-refractivity contribution in [3.05, 3.63) is 83.4 Å². The molecule has 3 heterocycles. The predicted octanol–water partition coefficient (Wildman–Crippen LogP) is 3.77. The number of alkyl halides is 2. The number of halogens is 2. The van der Waals surface area contributed by atoms with Gasteiger partial charge in [-0.2, -0.15) is 5.10 Å². The molecule has 27 heavy (non-hydrogen) atoms. The topological polar surface area (TPSA) is 61.9 Å². The first-order chi connectivity index (χ1) is 13.1. The number of amides is 1. The molecule has 7 heteroatoms. The largest absolute Gasteiger partial charge is 0.337 e. The molecule has 138 valence electrons. The molecule has 1 aliphatic heterocycles. The van der Waals surface area contributed by atoms with Gasteiger partial charge >= 0.3 is 0 Å². The highest BCUT2D eigenvalue weighted by atomic mass is 19.3. The van der Waals surface area contributed by atoms with Gasteiger partial charge in [-0.15, -0.1) is 0 Å². The molecule has 2 aromatic heterocycles. The normalized spacial score (nSPS) is 19.6. The van der Waals surface area contributed by atoms with Crippen LogP contribution in [-0.4, -0.2) is 39.1 Å². The van der Waals surface area contributed by atoms with Crippen LogP contribution in [0.15, 0.2) is 60.9 Å². The van der Waals surface area contributed by atoms with Crippen LogP contribution in [0, 0.1) is 0 Å². The molecule has 3 aromatic rings. The molecule has 4 rings (SSSR count). The number of aromatic amines is 1. The van der Waals surface area contributed by atoms with Gasteiger partial charge in [0.25, 0.3) is 12.3 Å². The maximum atomic E-state index is 13.0. The lowest BCUT2D eigenvalue weighted by Crippen LogP contribution is -2.28. The second-order valence-corrected chi connectivity index (χ2v) is 6.62. The summed E-state index contributed by atoms with van der Waals surface area (Å²) in [6, 6.07) is 14.7.